The molecule has 144 valence electrons. The van der Waals surface area contributed by atoms with Gasteiger partial charge in [-0.2, -0.15) is 4.98 Å². The third-order valence-corrected chi connectivity index (χ3v) is 4.40. The molecule has 0 amide bonds. The van der Waals surface area contributed by atoms with E-state index in [4.69, 9.17) is 4.74 Å². The normalized spacial score (nSPS) is 10.6. The highest BCUT2D eigenvalue weighted by Crippen LogP contribution is 2.30. The van der Waals surface area contributed by atoms with Crippen LogP contribution in [0.2, 0.25) is 0 Å². The van der Waals surface area contributed by atoms with Crippen molar-refractivity contribution < 1.29 is 9.53 Å². The minimum absolute atomic E-state index is 0.367. The zero-order valence-electron chi connectivity index (χ0n) is 16.5. The number of methoxy groups -OCH3 is 1. The van der Waals surface area contributed by atoms with Crippen molar-refractivity contribution in [2.45, 2.75) is 26.7 Å². The predicted molar refractivity (Wildman–Crippen MR) is 112 cm³/mol. The van der Waals surface area contributed by atoms with Crippen LogP contribution in [0.3, 0.4) is 0 Å². The van der Waals surface area contributed by atoms with E-state index < -0.39 is 0 Å². The highest BCUT2D eigenvalue weighted by Gasteiger charge is 2.10. The zero-order chi connectivity index (χ0) is 20.1. The second kappa shape index (κ2) is 8.52. The largest absolute Gasteiger partial charge is 0.465 e. The summed E-state index contributed by atoms with van der Waals surface area (Å²) >= 11 is 0. The van der Waals surface area contributed by atoms with Crippen LogP contribution in [0.4, 0.5) is 23.1 Å². The van der Waals surface area contributed by atoms with Crippen LogP contribution in [-0.4, -0.2) is 23.0 Å². The zero-order valence-corrected chi connectivity index (χ0v) is 16.5. The average molecular weight is 376 g/mol. The van der Waals surface area contributed by atoms with E-state index in [0.717, 1.165) is 16.9 Å². The quantitative estimate of drug-likeness (QED) is 0.577. The number of nitrogens with zero attached hydrogens (tertiary/aromatic N) is 2. The number of hydrogen-bond donors (Lipinski definition) is 2. The summed E-state index contributed by atoms with van der Waals surface area (Å²) in [5.41, 5.74) is 4.75. The summed E-state index contributed by atoms with van der Waals surface area (Å²) in [5.74, 6) is 1.21. The molecule has 28 heavy (non-hydrogen) atoms. The number of anilines is 4. The fourth-order valence-electron chi connectivity index (χ4n) is 2.90. The van der Waals surface area contributed by atoms with Crippen molar-refractivity contribution >= 4 is 29.1 Å². The van der Waals surface area contributed by atoms with Gasteiger partial charge in [-0.3, -0.25) is 0 Å². The average Bonchev–Trinajstić information content (AvgIpc) is 2.69. The van der Waals surface area contributed by atoms with Crippen LogP contribution in [0, 0.1) is 6.92 Å². The minimum Gasteiger partial charge on any atom is -0.465 e. The van der Waals surface area contributed by atoms with Crippen LogP contribution < -0.4 is 10.6 Å². The van der Waals surface area contributed by atoms with Crippen LogP contribution in [-0.2, 0) is 4.74 Å². The number of carbonyl (C=O) groups excluding carboxylic acids is 1. The molecule has 3 rings (SSSR count). The molecule has 3 aromatic rings. The number of benzene rings is 2. The summed E-state index contributed by atoms with van der Waals surface area (Å²) in [5, 5.41) is 6.58. The molecule has 0 fully saturated rings. The summed E-state index contributed by atoms with van der Waals surface area (Å²) in [6.07, 6.45) is 1.70. The standard InChI is InChI=1S/C22H24N4O2/c1-14(2)18-7-5-6-15(3)20(18)25-19-12-13-23-22(26-19)24-17-10-8-16(9-11-17)21(27)28-4/h5-14H,1-4H3,(H2,23,24,25,26). The van der Waals surface area contributed by atoms with Gasteiger partial charge in [0.15, 0.2) is 0 Å². The Hall–Kier alpha value is -3.41. The molecular formula is C22H24N4O2. The van der Waals surface area contributed by atoms with Gasteiger partial charge in [-0.25, -0.2) is 9.78 Å². The molecule has 6 nitrogen and oxygen atoms in total. The van der Waals surface area contributed by atoms with Gasteiger partial charge in [0.2, 0.25) is 5.95 Å². The topological polar surface area (TPSA) is 76.1 Å². The van der Waals surface area contributed by atoms with Crippen LogP contribution in [0.25, 0.3) is 0 Å². The van der Waals surface area contributed by atoms with Crippen molar-refractivity contribution in [3.8, 4) is 0 Å². The lowest BCUT2D eigenvalue weighted by Crippen LogP contribution is -2.04. The van der Waals surface area contributed by atoms with Crippen LogP contribution in [0.5, 0.6) is 0 Å². The molecule has 0 atom stereocenters. The Balaban J connectivity index is 1.79. The van der Waals surface area contributed by atoms with Gasteiger partial charge in [0.1, 0.15) is 5.82 Å². The number of rotatable bonds is 6. The molecule has 0 bridgehead atoms. The van der Waals surface area contributed by atoms with Crippen molar-refractivity contribution in [3.05, 3.63) is 71.4 Å². The second-order valence-corrected chi connectivity index (χ2v) is 6.78. The summed E-state index contributed by atoms with van der Waals surface area (Å²) in [7, 11) is 1.36. The summed E-state index contributed by atoms with van der Waals surface area (Å²) in [6, 6.07) is 15.1. The van der Waals surface area contributed by atoms with Crippen LogP contribution in [0.15, 0.2) is 54.7 Å². The summed E-state index contributed by atoms with van der Waals surface area (Å²) in [4.78, 5) is 20.4. The predicted octanol–water partition coefficient (Wildman–Crippen LogP) is 5.18. The summed E-state index contributed by atoms with van der Waals surface area (Å²) in [6.45, 7) is 6.42. The number of ether oxygens (including phenoxy) is 1. The van der Waals surface area contributed by atoms with E-state index >= 15 is 0 Å². The van der Waals surface area contributed by atoms with Gasteiger partial charge >= 0.3 is 5.97 Å². The van der Waals surface area contributed by atoms with E-state index in [1.165, 1.54) is 12.7 Å². The molecular weight excluding hydrogens is 352 g/mol. The van der Waals surface area contributed by atoms with Crippen LogP contribution in [0.1, 0.15) is 41.3 Å². The summed E-state index contributed by atoms with van der Waals surface area (Å²) < 4.78 is 4.71. The van der Waals surface area contributed by atoms with E-state index in [0.29, 0.717) is 23.2 Å². The van der Waals surface area contributed by atoms with Gasteiger partial charge in [0.05, 0.1) is 12.7 Å². The van der Waals surface area contributed by atoms with Crippen molar-refractivity contribution in [2.75, 3.05) is 17.7 Å². The maximum atomic E-state index is 11.5. The van der Waals surface area contributed by atoms with E-state index in [1.807, 2.05) is 6.07 Å². The lowest BCUT2D eigenvalue weighted by molar-refractivity contribution is 0.0601. The first-order valence-corrected chi connectivity index (χ1v) is 9.13. The molecule has 2 aromatic carbocycles. The van der Waals surface area contributed by atoms with E-state index in [9.17, 15) is 4.79 Å². The number of para-hydroxylation sites is 1. The number of esters is 1. The fraction of sp³-hybridized carbons (Fsp3) is 0.227. The third kappa shape index (κ3) is 4.46. The molecule has 0 unspecified atom stereocenters. The van der Waals surface area contributed by atoms with Crippen molar-refractivity contribution in [1.29, 1.82) is 0 Å². The maximum absolute atomic E-state index is 11.5. The lowest BCUT2D eigenvalue weighted by atomic mass is 9.98. The maximum Gasteiger partial charge on any atom is 0.337 e. The molecule has 0 spiro atoms. The van der Waals surface area contributed by atoms with E-state index in [2.05, 4.69) is 59.6 Å². The van der Waals surface area contributed by atoms with Crippen molar-refractivity contribution in [2.24, 2.45) is 0 Å². The molecule has 6 heteroatoms. The smallest absolute Gasteiger partial charge is 0.337 e. The Morgan fingerprint density at radius 1 is 1.04 bits per heavy atom. The molecule has 0 aliphatic rings. The Morgan fingerprint density at radius 2 is 1.79 bits per heavy atom. The minimum atomic E-state index is -0.367. The SMILES string of the molecule is COC(=O)c1ccc(Nc2nccc(Nc3c(C)cccc3C(C)C)n2)cc1. The molecule has 0 aliphatic carbocycles. The highest BCUT2D eigenvalue weighted by atomic mass is 16.5. The Morgan fingerprint density at radius 3 is 2.46 bits per heavy atom. The first-order valence-electron chi connectivity index (χ1n) is 9.13. The van der Waals surface area contributed by atoms with Gasteiger partial charge in [0, 0.05) is 17.6 Å². The van der Waals surface area contributed by atoms with E-state index in [1.54, 1.807) is 30.5 Å². The second-order valence-electron chi connectivity index (χ2n) is 6.78. The molecule has 0 radical (unpaired) electrons. The number of aryl methyl sites for hydroxylation is 1. The van der Waals surface area contributed by atoms with Crippen molar-refractivity contribution in [1.82, 2.24) is 9.97 Å². The van der Waals surface area contributed by atoms with E-state index in [-0.39, 0.29) is 5.97 Å². The molecule has 1 aromatic heterocycles. The molecule has 0 aliphatic heterocycles. The van der Waals surface area contributed by atoms with Crippen LogP contribution >= 0.6 is 0 Å². The van der Waals surface area contributed by atoms with Gasteiger partial charge in [-0.05, 0) is 54.3 Å². The number of hydrogen-bond acceptors (Lipinski definition) is 6. The number of aromatic nitrogens is 2. The number of carbonyl (C=O) groups is 1. The molecule has 2 N–H and O–H groups in total. The van der Waals surface area contributed by atoms with Gasteiger partial charge < -0.3 is 15.4 Å². The Bertz CT molecular complexity index is 969. The Kier molecular flexibility index (Phi) is 5.89. The first-order chi connectivity index (χ1) is 13.5. The molecule has 0 saturated carbocycles. The number of nitrogens with one attached hydrogen (secondary N) is 2. The van der Waals surface area contributed by atoms with Gasteiger partial charge in [-0.1, -0.05) is 32.0 Å². The lowest BCUT2D eigenvalue weighted by Gasteiger charge is -2.17. The van der Waals surface area contributed by atoms with Gasteiger partial charge in [0.25, 0.3) is 0 Å². The Labute approximate surface area is 165 Å². The monoisotopic (exact) mass is 376 g/mol. The third-order valence-electron chi connectivity index (χ3n) is 4.40. The first kappa shape index (κ1) is 19.4. The molecule has 0 saturated heterocycles. The van der Waals surface area contributed by atoms with Crippen molar-refractivity contribution in [3.63, 3.8) is 0 Å². The fourth-order valence-corrected chi connectivity index (χ4v) is 2.90. The van der Waals surface area contributed by atoms with Gasteiger partial charge in [-0.15, -0.1) is 0 Å². The highest BCUT2D eigenvalue weighted by molar-refractivity contribution is 5.89. The molecule has 1 heterocycles.